The average molecular weight is 257 g/mol. The van der Waals surface area contributed by atoms with Gasteiger partial charge in [0.2, 0.25) is 0 Å². The highest BCUT2D eigenvalue weighted by Gasteiger charge is 2.14. The van der Waals surface area contributed by atoms with Crippen LogP contribution in [0.4, 0.5) is 17.1 Å². The zero-order valence-electron chi connectivity index (χ0n) is 10.5. The number of rotatable bonds is 2. The lowest BCUT2D eigenvalue weighted by Gasteiger charge is -2.18. The number of carbonyl (C=O) groups is 1. The molecule has 0 unspecified atom stereocenters. The fourth-order valence-corrected chi connectivity index (χ4v) is 1.79. The number of hydrogen-bond donors (Lipinski definition) is 3. The molecule has 0 bridgehead atoms. The van der Waals surface area contributed by atoms with Gasteiger partial charge in [-0.3, -0.25) is 4.79 Å². The maximum atomic E-state index is 12.3. The topological polar surface area (TPSA) is 92.6 Å². The van der Waals surface area contributed by atoms with Crippen LogP contribution in [0.5, 0.6) is 5.75 Å². The van der Waals surface area contributed by atoms with Gasteiger partial charge >= 0.3 is 0 Å². The van der Waals surface area contributed by atoms with Crippen molar-refractivity contribution in [2.75, 3.05) is 23.4 Å². The van der Waals surface area contributed by atoms with Crippen LogP contribution in [0.15, 0.2) is 42.5 Å². The lowest BCUT2D eigenvalue weighted by atomic mass is 10.1. The predicted octanol–water partition coefficient (Wildman–Crippen LogP) is 1.83. The molecular weight excluding hydrogens is 242 g/mol. The van der Waals surface area contributed by atoms with Crippen molar-refractivity contribution in [1.29, 1.82) is 0 Å². The molecule has 0 aliphatic heterocycles. The molecule has 0 saturated heterocycles. The van der Waals surface area contributed by atoms with Gasteiger partial charge in [-0.1, -0.05) is 0 Å². The van der Waals surface area contributed by atoms with Gasteiger partial charge in [-0.25, -0.2) is 0 Å². The highest BCUT2D eigenvalue weighted by atomic mass is 16.3. The van der Waals surface area contributed by atoms with Gasteiger partial charge < -0.3 is 21.5 Å². The third-order valence-electron chi connectivity index (χ3n) is 2.77. The van der Waals surface area contributed by atoms with Crippen molar-refractivity contribution >= 4 is 23.0 Å². The van der Waals surface area contributed by atoms with Crippen LogP contribution in [0, 0.1) is 0 Å². The predicted molar refractivity (Wildman–Crippen MR) is 76.1 cm³/mol. The van der Waals surface area contributed by atoms with Crippen LogP contribution in [0.3, 0.4) is 0 Å². The normalized spacial score (nSPS) is 10.2. The number of amides is 1. The van der Waals surface area contributed by atoms with E-state index in [1.165, 1.54) is 17.0 Å². The Bertz CT molecular complexity index is 588. The summed E-state index contributed by atoms with van der Waals surface area (Å²) in [6, 6.07) is 11.1. The Morgan fingerprint density at radius 2 is 1.58 bits per heavy atom. The first kappa shape index (κ1) is 12.8. The van der Waals surface area contributed by atoms with Crippen molar-refractivity contribution in [3.8, 4) is 5.75 Å². The lowest BCUT2D eigenvalue weighted by Crippen LogP contribution is -2.26. The van der Waals surface area contributed by atoms with Crippen molar-refractivity contribution in [3.05, 3.63) is 48.0 Å². The first-order valence-electron chi connectivity index (χ1n) is 5.70. The summed E-state index contributed by atoms with van der Waals surface area (Å²) < 4.78 is 0. The van der Waals surface area contributed by atoms with E-state index in [1.807, 2.05) is 0 Å². The summed E-state index contributed by atoms with van der Waals surface area (Å²) in [5.41, 5.74) is 13.3. The summed E-state index contributed by atoms with van der Waals surface area (Å²) in [5.74, 6) is -0.0671. The summed E-state index contributed by atoms with van der Waals surface area (Å²) in [7, 11) is 1.65. The van der Waals surface area contributed by atoms with Gasteiger partial charge in [-0.2, -0.15) is 0 Å². The van der Waals surface area contributed by atoms with Gasteiger partial charge in [-0.05, 0) is 42.5 Å². The van der Waals surface area contributed by atoms with E-state index in [4.69, 9.17) is 11.5 Å². The zero-order valence-corrected chi connectivity index (χ0v) is 10.5. The van der Waals surface area contributed by atoms with Crippen molar-refractivity contribution in [2.45, 2.75) is 0 Å². The van der Waals surface area contributed by atoms with E-state index in [9.17, 15) is 9.90 Å². The van der Waals surface area contributed by atoms with Crippen LogP contribution >= 0.6 is 0 Å². The van der Waals surface area contributed by atoms with Crippen molar-refractivity contribution in [1.82, 2.24) is 0 Å². The Morgan fingerprint density at radius 3 is 2.11 bits per heavy atom. The monoisotopic (exact) mass is 257 g/mol. The molecule has 0 radical (unpaired) electrons. The first-order valence-corrected chi connectivity index (χ1v) is 5.70. The lowest BCUT2D eigenvalue weighted by molar-refractivity contribution is 0.0993. The number of carbonyl (C=O) groups excluding carboxylic acids is 1. The molecule has 0 atom stereocenters. The van der Waals surface area contributed by atoms with Crippen LogP contribution in [0.25, 0.3) is 0 Å². The second-order valence-electron chi connectivity index (χ2n) is 4.27. The molecule has 0 fully saturated rings. The number of benzene rings is 2. The Hall–Kier alpha value is -2.69. The van der Waals surface area contributed by atoms with E-state index in [0.717, 1.165) is 0 Å². The van der Waals surface area contributed by atoms with Gasteiger partial charge in [0.05, 0.1) is 0 Å². The second-order valence-corrected chi connectivity index (χ2v) is 4.27. The van der Waals surface area contributed by atoms with Gasteiger partial charge in [0.1, 0.15) is 5.75 Å². The Morgan fingerprint density at radius 1 is 1.05 bits per heavy atom. The number of hydrogen-bond acceptors (Lipinski definition) is 4. The van der Waals surface area contributed by atoms with E-state index in [1.54, 1.807) is 37.4 Å². The number of nitrogen functional groups attached to an aromatic ring is 2. The Labute approximate surface area is 111 Å². The highest BCUT2D eigenvalue weighted by Crippen LogP contribution is 2.21. The molecule has 0 aromatic heterocycles. The number of nitrogens with zero attached hydrogens (tertiary/aromatic N) is 1. The van der Waals surface area contributed by atoms with E-state index < -0.39 is 0 Å². The highest BCUT2D eigenvalue weighted by molar-refractivity contribution is 6.06. The maximum absolute atomic E-state index is 12.3. The Kier molecular flexibility index (Phi) is 3.29. The number of aromatic hydroxyl groups is 1. The molecule has 2 rings (SSSR count). The van der Waals surface area contributed by atoms with Gasteiger partial charge in [0, 0.05) is 29.7 Å². The largest absolute Gasteiger partial charge is 0.508 e. The van der Waals surface area contributed by atoms with Crippen LogP contribution in [-0.2, 0) is 0 Å². The van der Waals surface area contributed by atoms with Crippen molar-refractivity contribution in [3.63, 3.8) is 0 Å². The summed E-state index contributed by atoms with van der Waals surface area (Å²) in [6.45, 7) is 0. The summed E-state index contributed by atoms with van der Waals surface area (Å²) in [6.07, 6.45) is 0. The molecule has 98 valence electrons. The van der Waals surface area contributed by atoms with E-state index >= 15 is 0 Å². The quantitative estimate of drug-likeness (QED) is 0.715. The summed E-state index contributed by atoms with van der Waals surface area (Å²) in [5, 5.41) is 9.23. The standard InChI is InChI=1S/C14H15N3O2/c1-17(12-2-4-13(18)5-3-12)14(19)9-6-10(15)8-11(16)7-9/h2-8,18H,15-16H2,1H3. The van der Waals surface area contributed by atoms with Crippen LogP contribution in [0.2, 0.25) is 0 Å². The van der Waals surface area contributed by atoms with Crippen LogP contribution < -0.4 is 16.4 Å². The zero-order chi connectivity index (χ0) is 14.0. The fourth-order valence-electron chi connectivity index (χ4n) is 1.79. The number of nitrogens with two attached hydrogens (primary N) is 2. The van der Waals surface area contributed by atoms with Gasteiger partial charge in [-0.15, -0.1) is 0 Å². The van der Waals surface area contributed by atoms with Crippen molar-refractivity contribution < 1.29 is 9.90 Å². The van der Waals surface area contributed by atoms with Crippen LogP contribution in [-0.4, -0.2) is 18.1 Å². The van der Waals surface area contributed by atoms with Crippen LogP contribution in [0.1, 0.15) is 10.4 Å². The smallest absolute Gasteiger partial charge is 0.258 e. The minimum absolute atomic E-state index is 0.151. The molecule has 0 spiro atoms. The van der Waals surface area contributed by atoms with E-state index in [-0.39, 0.29) is 11.7 Å². The number of phenolic OH excluding ortho intramolecular Hbond substituents is 1. The average Bonchev–Trinajstić information content (AvgIpc) is 2.37. The molecule has 2 aromatic carbocycles. The van der Waals surface area contributed by atoms with Crippen molar-refractivity contribution in [2.24, 2.45) is 0 Å². The second kappa shape index (κ2) is 4.89. The molecule has 5 heteroatoms. The number of phenols is 1. The van der Waals surface area contributed by atoms with Gasteiger partial charge in [0.25, 0.3) is 5.91 Å². The molecule has 5 N–H and O–H groups in total. The molecule has 0 aliphatic rings. The minimum atomic E-state index is -0.218. The first-order chi connectivity index (χ1) is 8.97. The third-order valence-corrected chi connectivity index (χ3v) is 2.77. The van der Waals surface area contributed by atoms with Gasteiger partial charge in [0.15, 0.2) is 0 Å². The summed E-state index contributed by atoms with van der Waals surface area (Å²) in [4.78, 5) is 13.8. The molecule has 2 aromatic rings. The number of anilines is 3. The Balaban J connectivity index is 2.30. The maximum Gasteiger partial charge on any atom is 0.258 e. The SMILES string of the molecule is CN(C(=O)c1cc(N)cc(N)c1)c1ccc(O)cc1. The minimum Gasteiger partial charge on any atom is -0.508 e. The van der Waals surface area contributed by atoms with E-state index in [0.29, 0.717) is 22.6 Å². The molecule has 0 saturated carbocycles. The third kappa shape index (κ3) is 2.77. The molecule has 0 heterocycles. The molecular formula is C14H15N3O2. The molecule has 5 nitrogen and oxygen atoms in total. The fraction of sp³-hybridized carbons (Fsp3) is 0.0714. The summed E-state index contributed by atoms with van der Waals surface area (Å²) >= 11 is 0. The molecule has 1 amide bonds. The molecule has 19 heavy (non-hydrogen) atoms. The molecule has 0 aliphatic carbocycles. The van der Waals surface area contributed by atoms with E-state index in [2.05, 4.69) is 0 Å².